The maximum Gasteiger partial charge on any atom is 0.255 e. The van der Waals surface area contributed by atoms with Crippen LogP contribution in [0.15, 0.2) is 49.4 Å². The fraction of sp³-hybridized carbons (Fsp3) is 0.419. The summed E-state index contributed by atoms with van der Waals surface area (Å²) in [4.78, 5) is 32.8. The minimum atomic E-state index is -0.297. The summed E-state index contributed by atoms with van der Waals surface area (Å²) in [6.07, 6.45) is 11.2. The van der Waals surface area contributed by atoms with Gasteiger partial charge in [0, 0.05) is 36.5 Å². The van der Waals surface area contributed by atoms with Gasteiger partial charge in [0.05, 0.1) is 36.0 Å². The van der Waals surface area contributed by atoms with Crippen molar-refractivity contribution in [2.24, 2.45) is 7.05 Å². The van der Waals surface area contributed by atoms with E-state index in [1.807, 2.05) is 38.5 Å². The summed E-state index contributed by atoms with van der Waals surface area (Å²) in [6.45, 7) is 11.6. The molecular formula is C31H38N6O2. The maximum atomic E-state index is 13.4. The number of rotatable bonds is 9. The Labute approximate surface area is 230 Å². The molecule has 1 saturated heterocycles. The number of anilines is 2. The van der Waals surface area contributed by atoms with Crippen molar-refractivity contribution in [1.29, 1.82) is 0 Å². The minimum absolute atomic E-state index is 0.0554. The Hall–Kier alpha value is -3.78. The van der Waals surface area contributed by atoms with Crippen LogP contribution in [-0.2, 0) is 16.6 Å². The summed E-state index contributed by atoms with van der Waals surface area (Å²) >= 11 is 0. The van der Waals surface area contributed by atoms with E-state index in [-0.39, 0.29) is 23.3 Å². The molecule has 1 aromatic carbocycles. The van der Waals surface area contributed by atoms with E-state index in [9.17, 15) is 9.59 Å². The first-order valence-electron chi connectivity index (χ1n) is 13.8. The van der Waals surface area contributed by atoms with Gasteiger partial charge in [0.15, 0.2) is 0 Å². The van der Waals surface area contributed by atoms with Gasteiger partial charge in [-0.2, -0.15) is 5.10 Å². The summed E-state index contributed by atoms with van der Waals surface area (Å²) in [5.74, 6) is -0.108. The second-order valence-electron chi connectivity index (χ2n) is 11.1. The standard InChI is InChI=1S/C31H38N6O2/c1-6-20(2)27-14-23(24-16-33-36(5)18-24)8-9-26(27)21(3)30(39)35-28-15-25(17-32-22(28)4)34-29(38)19-37-13-12-31(37)10-7-11-31/h8-9,14-18,20H,3,6-7,10-13,19H2,1-2,4-5H3,(H,34,38)(H,35,39). The largest absolute Gasteiger partial charge is 0.324 e. The number of aromatic nitrogens is 3. The first-order chi connectivity index (χ1) is 18.7. The van der Waals surface area contributed by atoms with E-state index in [2.05, 4.69) is 52.1 Å². The summed E-state index contributed by atoms with van der Waals surface area (Å²) in [5, 5.41) is 10.2. The van der Waals surface area contributed by atoms with Crippen LogP contribution in [0.3, 0.4) is 0 Å². The Balaban J connectivity index is 1.29. The van der Waals surface area contributed by atoms with E-state index >= 15 is 0 Å². The van der Waals surface area contributed by atoms with Crippen molar-refractivity contribution in [3.63, 3.8) is 0 Å². The molecule has 5 rings (SSSR count). The smallest absolute Gasteiger partial charge is 0.255 e. The van der Waals surface area contributed by atoms with Crippen LogP contribution in [0.5, 0.6) is 0 Å². The minimum Gasteiger partial charge on any atom is -0.324 e. The number of hydrogen-bond donors (Lipinski definition) is 2. The van der Waals surface area contributed by atoms with Gasteiger partial charge in [-0.15, -0.1) is 0 Å². The highest BCUT2D eigenvalue weighted by atomic mass is 16.2. The third-order valence-electron chi connectivity index (χ3n) is 8.59. The average molecular weight is 527 g/mol. The number of amides is 2. The molecule has 1 spiro atoms. The van der Waals surface area contributed by atoms with Gasteiger partial charge in [0.25, 0.3) is 5.91 Å². The molecule has 3 heterocycles. The number of nitrogens with zero attached hydrogens (tertiary/aromatic N) is 4. The molecule has 1 aliphatic heterocycles. The summed E-state index contributed by atoms with van der Waals surface area (Å²) in [6, 6.07) is 7.87. The molecule has 0 radical (unpaired) electrons. The molecule has 1 unspecified atom stereocenters. The SMILES string of the molecule is C=C(C(=O)Nc1cc(NC(=O)CN2CCC23CCC3)cnc1C)c1ccc(-c2cnn(C)c2)cc1C(C)CC. The second kappa shape index (κ2) is 10.8. The molecule has 2 amide bonds. The quantitative estimate of drug-likeness (QED) is 0.358. The highest BCUT2D eigenvalue weighted by Crippen LogP contribution is 2.46. The summed E-state index contributed by atoms with van der Waals surface area (Å²) < 4.78 is 1.78. The molecule has 204 valence electrons. The summed E-state index contributed by atoms with van der Waals surface area (Å²) in [7, 11) is 1.90. The van der Waals surface area contributed by atoms with Gasteiger partial charge >= 0.3 is 0 Å². The molecule has 2 aromatic heterocycles. The first kappa shape index (κ1) is 26.8. The molecule has 2 fully saturated rings. The van der Waals surface area contributed by atoms with Crippen LogP contribution in [0, 0.1) is 6.92 Å². The van der Waals surface area contributed by atoms with Gasteiger partial charge in [0.2, 0.25) is 5.91 Å². The van der Waals surface area contributed by atoms with Crippen LogP contribution in [0.25, 0.3) is 16.7 Å². The lowest BCUT2D eigenvalue weighted by Gasteiger charge is -2.58. The van der Waals surface area contributed by atoms with Gasteiger partial charge in [-0.3, -0.25) is 24.2 Å². The number of nitrogens with one attached hydrogen (secondary N) is 2. The van der Waals surface area contributed by atoms with Crippen LogP contribution in [-0.4, -0.2) is 50.1 Å². The van der Waals surface area contributed by atoms with Crippen molar-refractivity contribution >= 4 is 28.8 Å². The molecule has 2 N–H and O–H groups in total. The topological polar surface area (TPSA) is 92.2 Å². The number of carbonyl (C=O) groups excluding carboxylic acids is 2. The third-order valence-corrected chi connectivity index (χ3v) is 8.59. The van der Waals surface area contributed by atoms with Gasteiger partial charge < -0.3 is 10.6 Å². The monoisotopic (exact) mass is 526 g/mol. The number of aryl methyl sites for hydroxylation is 2. The normalized spacial score (nSPS) is 16.7. The maximum absolute atomic E-state index is 13.4. The van der Waals surface area contributed by atoms with Gasteiger partial charge in [-0.25, -0.2) is 0 Å². The zero-order valence-corrected chi connectivity index (χ0v) is 23.4. The van der Waals surface area contributed by atoms with Crippen molar-refractivity contribution < 1.29 is 9.59 Å². The number of hydrogen-bond acceptors (Lipinski definition) is 5. The van der Waals surface area contributed by atoms with E-state index in [0.717, 1.165) is 35.2 Å². The van der Waals surface area contributed by atoms with Crippen LogP contribution in [0.4, 0.5) is 11.4 Å². The Morgan fingerprint density at radius 2 is 1.92 bits per heavy atom. The predicted octanol–water partition coefficient (Wildman–Crippen LogP) is 5.52. The van der Waals surface area contributed by atoms with Crippen molar-refractivity contribution in [2.75, 3.05) is 23.7 Å². The molecule has 39 heavy (non-hydrogen) atoms. The number of carbonyl (C=O) groups is 2. The van der Waals surface area contributed by atoms with Crippen LogP contribution in [0.1, 0.15) is 68.7 Å². The van der Waals surface area contributed by atoms with Crippen LogP contribution < -0.4 is 10.6 Å². The lowest BCUT2D eigenvalue weighted by atomic mass is 9.68. The lowest BCUT2D eigenvalue weighted by Crippen LogP contribution is -2.65. The molecule has 3 aromatic rings. The van der Waals surface area contributed by atoms with Crippen molar-refractivity contribution in [3.05, 3.63) is 66.3 Å². The third kappa shape index (κ3) is 5.39. The van der Waals surface area contributed by atoms with Crippen molar-refractivity contribution in [3.8, 4) is 11.1 Å². The van der Waals surface area contributed by atoms with Gasteiger partial charge in [0.1, 0.15) is 0 Å². The van der Waals surface area contributed by atoms with Crippen molar-refractivity contribution in [2.45, 2.75) is 64.3 Å². The van der Waals surface area contributed by atoms with E-state index in [1.54, 1.807) is 16.9 Å². The molecule has 8 heteroatoms. The van der Waals surface area contributed by atoms with Crippen LogP contribution >= 0.6 is 0 Å². The number of benzene rings is 1. The van der Waals surface area contributed by atoms with E-state index in [0.29, 0.717) is 29.2 Å². The Kier molecular flexibility index (Phi) is 7.40. The molecule has 2 aliphatic rings. The fourth-order valence-electron chi connectivity index (χ4n) is 5.62. The first-order valence-corrected chi connectivity index (χ1v) is 13.8. The van der Waals surface area contributed by atoms with E-state index in [4.69, 9.17) is 0 Å². The molecule has 1 aliphatic carbocycles. The average Bonchev–Trinajstić information content (AvgIpc) is 3.32. The summed E-state index contributed by atoms with van der Waals surface area (Å²) in [5.41, 5.74) is 6.42. The molecule has 1 atom stereocenters. The van der Waals surface area contributed by atoms with E-state index < -0.39 is 0 Å². The van der Waals surface area contributed by atoms with Crippen molar-refractivity contribution in [1.82, 2.24) is 19.7 Å². The Bertz CT molecular complexity index is 1410. The lowest BCUT2D eigenvalue weighted by molar-refractivity contribution is -0.127. The van der Waals surface area contributed by atoms with E-state index in [1.165, 1.54) is 25.7 Å². The zero-order valence-electron chi connectivity index (χ0n) is 23.4. The van der Waals surface area contributed by atoms with Gasteiger partial charge in [-0.1, -0.05) is 38.6 Å². The predicted molar refractivity (Wildman–Crippen MR) is 155 cm³/mol. The molecular weight excluding hydrogens is 488 g/mol. The molecule has 8 nitrogen and oxygen atoms in total. The molecule has 0 bridgehead atoms. The second-order valence-corrected chi connectivity index (χ2v) is 11.1. The van der Waals surface area contributed by atoms with Gasteiger partial charge in [-0.05, 0) is 67.7 Å². The Morgan fingerprint density at radius 3 is 2.54 bits per heavy atom. The highest BCUT2D eigenvalue weighted by Gasteiger charge is 2.49. The molecule has 1 saturated carbocycles. The fourth-order valence-corrected chi connectivity index (χ4v) is 5.62. The highest BCUT2D eigenvalue weighted by molar-refractivity contribution is 6.25. The number of likely N-dealkylation sites (tertiary alicyclic amines) is 1. The van der Waals surface area contributed by atoms with Crippen LogP contribution in [0.2, 0.25) is 0 Å². The number of pyridine rings is 1. The Morgan fingerprint density at radius 1 is 1.13 bits per heavy atom. The zero-order chi connectivity index (χ0) is 27.7.